The highest BCUT2D eigenvalue weighted by Crippen LogP contribution is 2.70. The molecule has 2 fully saturated rings. The quantitative estimate of drug-likeness (QED) is 0.708. The molecule has 2 aliphatic rings. The van der Waals surface area contributed by atoms with Gasteiger partial charge in [-0.05, 0) is 34.5 Å². The van der Waals surface area contributed by atoms with E-state index in [0.29, 0.717) is 0 Å². The van der Waals surface area contributed by atoms with Gasteiger partial charge in [0.15, 0.2) is 5.79 Å². The summed E-state index contributed by atoms with van der Waals surface area (Å²) in [5.74, 6) is -0.322. The second-order valence-electron chi connectivity index (χ2n) is 8.10. The molecule has 1 spiro atoms. The van der Waals surface area contributed by atoms with Gasteiger partial charge in [-0.2, -0.15) is 0 Å². The number of aryl methyl sites for hydroxylation is 1. The van der Waals surface area contributed by atoms with Crippen LogP contribution in [0.25, 0.3) is 0 Å². The molecule has 0 radical (unpaired) electrons. The summed E-state index contributed by atoms with van der Waals surface area (Å²) >= 11 is 0. The Morgan fingerprint density at radius 3 is 2.05 bits per heavy atom. The zero-order chi connectivity index (χ0) is 16.0. The van der Waals surface area contributed by atoms with E-state index in [9.17, 15) is 0 Å². The van der Waals surface area contributed by atoms with E-state index in [1.165, 1.54) is 17.3 Å². The highest BCUT2D eigenvalue weighted by Gasteiger charge is 2.56. The average Bonchev–Trinajstić information content (AvgIpc) is 2.82. The van der Waals surface area contributed by atoms with E-state index in [0.717, 1.165) is 26.1 Å². The van der Waals surface area contributed by atoms with Crippen molar-refractivity contribution in [2.75, 3.05) is 13.2 Å². The second kappa shape index (κ2) is 5.58. The molecule has 0 bridgehead atoms. The molecule has 122 valence electrons. The van der Waals surface area contributed by atoms with Crippen LogP contribution in [0.5, 0.6) is 0 Å². The Labute approximate surface area is 136 Å². The number of hydrogen-bond acceptors (Lipinski definition) is 2. The molecular weight excluding hydrogens is 291 g/mol. The molecule has 2 saturated heterocycles. The highest BCUT2D eigenvalue weighted by atomic mass is 31.1. The molecule has 1 aromatic rings. The van der Waals surface area contributed by atoms with Crippen molar-refractivity contribution < 1.29 is 9.47 Å². The minimum atomic E-state index is -0.322. The van der Waals surface area contributed by atoms with Gasteiger partial charge in [0.25, 0.3) is 0 Å². The van der Waals surface area contributed by atoms with E-state index < -0.39 is 0 Å². The molecule has 22 heavy (non-hydrogen) atoms. The van der Waals surface area contributed by atoms with E-state index in [1.807, 2.05) is 0 Å². The van der Waals surface area contributed by atoms with Crippen LogP contribution in [0.3, 0.4) is 0 Å². The molecule has 3 rings (SSSR count). The minimum absolute atomic E-state index is 0.153. The van der Waals surface area contributed by atoms with Crippen LogP contribution in [0.4, 0.5) is 0 Å². The summed E-state index contributed by atoms with van der Waals surface area (Å²) in [6.45, 7) is 13.4. The number of rotatable bonds is 2. The van der Waals surface area contributed by atoms with Gasteiger partial charge in [-0.3, -0.25) is 0 Å². The first kappa shape index (κ1) is 16.4. The largest absolute Gasteiger partial charge is 0.347 e. The molecule has 1 aromatic carbocycles. The Morgan fingerprint density at radius 1 is 0.955 bits per heavy atom. The standard InChI is InChI=1S/C19H29O2P/c1-15-8-6-7-9-16(15)12-22-17(2,3)13-19(14-18(22,4)5)20-10-11-21-19/h6-9H,10-14H2,1-5H3. The normalized spacial score (nSPS) is 26.4. The lowest BCUT2D eigenvalue weighted by molar-refractivity contribution is -0.178. The zero-order valence-corrected chi connectivity index (χ0v) is 15.5. The summed E-state index contributed by atoms with van der Waals surface area (Å²) in [4.78, 5) is 0. The Bertz CT molecular complexity index is 524. The van der Waals surface area contributed by atoms with E-state index in [2.05, 4.69) is 58.9 Å². The van der Waals surface area contributed by atoms with E-state index in [4.69, 9.17) is 9.47 Å². The van der Waals surface area contributed by atoms with Crippen LogP contribution in [0.2, 0.25) is 0 Å². The lowest BCUT2D eigenvalue weighted by Crippen LogP contribution is -2.50. The van der Waals surface area contributed by atoms with Crippen molar-refractivity contribution in [3.63, 3.8) is 0 Å². The molecule has 0 amide bonds. The van der Waals surface area contributed by atoms with Crippen molar-refractivity contribution in [3.05, 3.63) is 35.4 Å². The maximum absolute atomic E-state index is 6.06. The Hall–Kier alpha value is -0.430. The number of hydrogen-bond donors (Lipinski definition) is 0. The lowest BCUT2D eigenvalue weighted by Gasteiger charge is -2.55. The smallest absolute Gasteiger partial charge is 0.170 e. The molecule has 0 N–H and O–H groups in total. The third-order valence-corrected chi connectivity index (χ3v) is 9.16. The predicted molar refractivity (Wildman–Crippen MR) is 93.8 cm³/mol. The van der Waals surface area contributed by atoms with Gasteiger partial charge in [0.05, 0.1) is 13.2 Å². The third kappa shape index (κ3) is 2.98. The molecular formula is C19H29O2P. The van der Waals surface area contributed by atoms with Gasteiger partial charge in [-0.1, -0.05) is 59.9 Å². The van der Waals surface area contributed by atoms with Gasteiger partial charge in [0.2, 0.25) is 0 Å². The van der Waals surface area contributed by atoms with Gasteiger partial charge in [0.1, 0.15) is 0 Å². The maximum atomic E-state index is 6.06. The molecule has 3 heteroatoms. The first-order valence-corrected chi connectivity index (χ1v) is 9.87. The van der Waals surface area contributed by atoms with Crippen molar-refractivity contribution in [1.29, 1.82) is 0 Å². The first-order chi connectivity index (χ1) is 10.2. The minimum Gasteiger partial charge on any atom is -0.347 e. The third-order valence-electron chi connectivity index (χ3n) is 5.27. The topological polar surface area (TPSA) is 18.5 Å². The van der Waals surface area contributed by atoms with Crippen LogP contribution in [0, 0.1) is 6.92 Å². The van der Waals surface area contributed by atoms with Crippen molar-refractivity contribution >= 4 is 7.92 Å². The summed E-state index contributed by atoms with van der Waals surface area (Å²) in [6, 6.07) is 8.85. The summed E-state index contributed by atoms with van der Waals surface area (Å²) in [5.41, 5.74) is 2.93. The molecule has 0 saturated carbocycles. The van der Waals surface area contributed by atoms with Gasteiger partial charge in [-0.25, -0.2) is 0 Å². The van der Waals surface area contributed by atoms with Crippen LogP contribution in [0.1, 0.15) is 51.7 Å². The molecule has 2 aliphatic heterocycles. The van der Waals surface area contributed by atoms with Crippen molar-refractivity contribution in [2.45, 2.75) is 69.7 Å². The van der Waals surface area contributed by atoms with Crippen molar-refractivity contribution in [3.8, 4) is 0 Å². The van der Waals surface area contributed by atoms with Crippen molar-refractivity contribution in [1.82, 2.24) is 0 Å². The lowest BCUT2D eigenvalue weighted by atomic mass is 9.91. The van der Waals surface area contributed by atoms with Gasteiger partial charge < -0.3 is 9.47 Å². The first-order valence-electron chi connectivity index (χ1n) is 8.34. The molecule has 0 unspecified atom stereocenters. The Balaban J connectivity index is 1.89. The fourth-order valence-corrected chi connectivity index (χ4v) is 8.53. The van der Waals surface area contributed by atoms with Crippen molar-refractivity contribution in [2.24, 2.45) is 0 Å². The SMILES string of the molecule is Cc1ccccc1CP1C(C)(C)CC2(CC1(C)C)OCCO2. The number of ether oxygens (including phenoxy) is 2. The van der Waals surface area contributed by atoms with E-state index in [1.54, 1.807) is 0 Å². The second-order valence-corrected chi connectivity index (χ2v) is 11.7. The Kier molecular flexibility index (Phi) is 4.17. The summed E-state index contributed by atoms with van der Waals surface area (Å²) in [5, 5.41) is 0.535. The molecule has 0 aliphatic carbocycles. The highest BCUT2D eigenvalue weighted by molar-refractivity contribution is 7.60. The van der Waals surface area contributed by atoms with Crippen LogP contribution < -0.4 is 0 Å². The zero-order valence-electron chi connectivity index (χ0n) is 14.6. The fourth-order valence-electron chi connectivity index (χ4n) is 4.48. The van der Waals surface area contributed by atoms with Crippen LogP contribution in [-0.2, 0) is 15.6 Å². The molecule has 0 aromatic heterocycles. The fraction of sp³-hybridized carbons (Fsp3) is 0.684. The number of benzene rings is 1. The van der Waals surface area contributed by atoms with Crippen LogP contribution >= 0.6 is 7.92 Å². The summed E-state index contributed by atoms with van der Waals surface area (Å²) < 4.78 is 12.1. The van der Waals surface area contributed by atoms with Crippen LogP contribution in [0.15, 0.2) is 24.3 Å². The Morgan fingerprint density at radius 2 is 1.50 bits per heavy atom. The monoisotopic (exact) mass is 320 g/mol. The molecule has 2 heterocycles. The van der Waals surface area contributed by atoms with E-state index >= 15 is 0 Å². The van der Waals surface area contributed by atoms with Gasteiger partial charge in [-0.15, -0.1) is 0 Å². The maximum Gasteiger partial charge on any atom is 0.170 e. The van der Waals surface area contributed by atoms with Gasteiger partial charge >= 0.3 is 0 Å². The summed E-state index contributed by atoms with van der Waals surface area (Å²) in [7, 11) is -0.153. The predicted octanol–water partition coefficient (Wildman–Crippen LogP) is 5.07. The van der Waals surface area contributed by atoms with Crippen LogP contribution in [-0.4, -0.2) is 29.3 Å². The molecule has 2 nitrogen and oxygen atoms in total. The summed E-state index contributed by atoms with van der Waals surface area (Å²) in [6.07, 6.45) is 3.26. The average molecular weight is 320 g/mol. The van der Waals surface area contributed by atoms with E-state index in [-0.39, 0.29) is 24.0 Å². The molecule has 0 atom stereocenters. The van der Waals surface area contributed by atoms with Gasteiger partial charge in [0, 0.05) is 12.8 Å².